The zero-order valence-electron chi connectivity index (χ0n) is 9.47. The molecule has 0 aliphatic carbocycles. The van der Waals surface area contributed by atoms with Crippen LogP contribution in [0.3, 0.4) is 0 Å². The normalized spacial score (nSPS) is 12.5. The number of halogens is 5. The van der Waals surface area contributed by atoms with Gasteiger partial charge < -0.3 is 4.74 Å². The number of hydrogen-bond donors (Lipinski definition) is 1. The SMILES string of the molecule is NS(=O)(=O)c1cc([N+](=O)[O-])c(C(F)F)nc1OC(F)(F)F. The summed E-state index contributed by atoms with van der Waals surface area (Å²) < 4.78 is 86.6. The van der Waals surface area contributed by atoms with Crippen LogP contribution >= 0.6 is 0 Å². The van der Waals surface area contributed by atoms with E-state index in [1.54, 1.807) is 0 Å². The molecule has 8 nitrogen and oxygen atoms in total. The minimum atomic E-state index is -5.47. The average molecular weight is 337 g/mol. The average Bonchev–Trinajstić information content (AvgIpc) is 2.23. The highest BCUT2D eigenvalue weighted by Gasteiger charge is 2.37. The number of nitrogens with two attached hydrogens (primary N) is 1. The van der Waals surface area contributed by atoms with E-state index in [9.17, 15) is 40.5 Å². The number of alkyl halides is 5. The Morgan fingerprint density at radius 1 is 1.38 bits per heavy atom. The maximum Gasteiger partial charge on any atom is 0.574 e. The van der Waals surface area contributed by atoms with Crippen molar-refractivity contribution in [1.82, 2.24) is 4.98 Å². The van der Waals surface area contributed by atoms with E-state index in [1.165, 1.54) is 0 Å². The Morgan fingerprint density at radius 3 is 2.24 bits per heavy atom. The van der Waals surface area contributed by atoms with Crippen LogP contribution in [0.25, 0.3) is 0 Å². The summed E-state index contributed by atoms with van der Waals surface area (Å²) in [6, 6.07) is -0.0785. The van der Waals surface area contributed by atoms with Crippen molar-refractivity contribution >= 4 is 15.7 Å². The summed E-state index contributed by atoms with van der Waals surface area (Å²) in [4.78, 5) is 10.1. The smallest absolute Gasteiger partial charge is 0.386 e. The molecule has 1 aromatic rings. The van der Waals surface area contributed by atoms with Crippen molar-refractivity contribution in [3.05, 3.63) is 21.9 Å². The molecule has 0 aliphatic rings. The molecule has 0 radical (unpaired) electrons. The summed E-state index contributed by atoms with van der Waals surface area (Å²) in [5.74, 6) is -1.83. The summed E-state index contributed by atoms with van der Waals surface area (Å²) in [5, 5.41) is 15.1. The third-order valence-electron chi connectivity index (χ3n) is 1.89. The fraction of sp³-hybridized carbons (Fsp3) is 0.286. The van der Waals surface area contributed by atoms with Crippen LogP contribution in [0, 0.1) is 10.1 Å². The molecule has 0 fully saturated rings. The highest BCUT2D eigenvalue weighted by molar-refractivity contribution is 7.89. The molecule has 0 spiro atoms. The molecule has 0 aromatic carbocycles. The van der Waals surface area contributed by atoms with Crippen LogP contribution < -0.4 is 9.88 Å². The minimum Gasteiger partial charge on any atom is -0.386 e. The first-order valence-electron chi connectivity index (χ1n) is 4.59. The van der Waals surface area contributed by atoms with Gasteiger partial charge in [-0.3, -0.25) is 10.1 Å². The summed E-state index contributed by atoms with van der Waals surface area (Å²) in [5.41, 5.74) is -3.20. The second-order valence-electron chi connectivity index (χ2n) is 3.35. The first kappa shape index (κ1) is 17.0. The quantitative estimate of drug-likeness (QED) is 0.504. The van der Waals surface area contributed by atoms with Gasteiger partial charge >= 0.3 is 6.36 Å². The number of nitrogens with zero attached hydrogens (tertiary/aromatic N) is 2. The monoisotopic (exact) mass is 337 g/mol. The van der Waals surface area contributed by atoms with Gasteiger partial charge in [0.2, 0.25) is 15.9 Å². The molecule has 1 aromatic heterocycles. The lowest BCUT2D eigenvalue weighted by atomic mass is 10.3. The lowest BCUT2D eigenvalue weighted by Crippen LogP contribution is -2.23. The molecule has 0 unspecified atom stereocenters. The van der Waals surface area contributed by atoms with Crippen LogP contribution in [-0.4, -0.2) is 24.7 Å². The number of pyridine rings is 1. The summed E-state index contributed by atoms with van der Waals surface area (Å²) in [6.45, 7) is 0. The second kappa shape index (κ2) is 5.36. The van der Waals surface area contributed by atoms with Crippen molar-refractivity contribution in [3.8, 4) is 5.88 Å². The second-order valence-corrected chi connectivity index (χ2v) is 4.88. The molecule has 0 atom stereocenters. The highest BCUT2D eigenvalue weighted by atomic mass is 32.2. The number of hydrogen-bond acceptors (Lipinski definition) is 6. The third kappa shape index (κ3) is 4.19. The molecule has 14 heteroatoms. The molecule has 118 valence electrons. The van der Waals surface area contributed by atoms with Crippen LogP contribution in [0.4, 0.5) is 27.6 Å². The number of rotatable bonds is 4. The summed E-state index contributed by atoms with van der Waals surface area (Å²) in [7, 11) is -4.94. The van der Waals surface area contributed by atoms with E-state index < -0.39 is 49.9 Å². The zero-order valence-corrected chi connectivity index (χ0v) is 10.3. The number of primary sulfonamides is 1. The molecule has 0 saturated heterocycles. The van der Waals surface area contributed by atoms with E-state index in [0.29, 0.717) is 0 Å². The zero-order chi connectivity index (χ0) is 16.6. The fourth-order valence-corrected chi connectivity index (χ4v) is 1.78. The summed E-state index contributed by atoms with van der Waals surface area (Å²) >= 11 is 0. The van der Waals surface area contributed by atoms with Crippen LogP contribution in [-0.2, 0) is 10.0 Å². The lowest BCUT2D eigenvalue weighted by Gasteiger charge is -2.12. The van der Waals surface area contributed by atoms with E-state index in [0.717, 1.165) is 0 Å². The maximum absolute atomic E-state index is 12.5. The topological polar surface area (TPSA) is 125 Å². The first-order chi connectivity index (χ1) is 9.33. The molecule has 0 bridgehead atoms. The first-order valence-corrected chi connectivity index (χ1v) is 6.13. The van der Waals surface area contributed by atoms with Gasteiger partial charge in [-0.1, -0.05) is 0 Å². The predicted octanol–water partition coefficient (Wildman–Crippen LogP) is 1.47. The third-order valence-corrected chi connectivity index (χ3v) is 2.79. The molecular formula is C7H4F5N3O5S. The molecule has 0 saturated carbocycles. The van der Waals surface area contributed by atoms with Gasteiger partial charge in [0.25, 0.3) is 12.1 Å². The van der Waals surface area contributed by atoms with Gasteiger partial charge in [0, 0.05) is 6.07 Å². The van der Waals surface area contributed by atoms with Crippen molar-refractivity contribution in [2.24, 2.45) is 5.14 Å². The number of ether oxygens (including phenoxy) is 1. The Labute approximate surface area is 112 Å². The Kier molecular flexibility index (Phi) is 4.33. The minimum absolute atomic E-state index is 0.0785. The molecule has 0 aliphatic heterocycles. The van der Waals surface area contributed by atoms with Crippen LogP contribution in [0.1, 0.15) is 12.1 Å². The largest absolute Gasteiger partial charge is 0.574 e. The molecule has 2 N–H and O–H groups in total. The van der Waals surface area contributed by atoms with Gasteiger partial charge in [0.15, 0.2) is 10.6 Å². The summed E-state index contributed by atoms with van der Waals surface area (Å²) in [6.07, 6.45) is -9.11. The Morgan fingerprint density at radius 2 is 1.90 bits per heavy atom. The van der Waals surface area contributed by atoms with E-state index in [1.807, 2.05) is 0 Å². The Balaban J connectivity index is 3.68. The van der Waals surface area contributed by atoms with Gasteiger partial charge in [-0.2, -0.15) is 0 Å². The number of aromatic nitrogens is 1. The van der Waals surface area contributed by atoms with Gasteiger partial charge in [0.05, 0.1) is 4.92 Å². The predicted molar refractivity (Wildman–Crippen MR) is 53.9 cm³/mol. The van der Waals surface area contributed by atoms with E-state index >= 15 is 0 Å². The van der Waals surface area contributed by atoms with Crippen molar-refractivity contribution < 1.29 is 40.0 Å². The van der Waals surface area contributed by atoms with Crippen LogP contribution in [0.15, 0.2) is 11.0 Å². The standard InChI is InChI=1S/C7H4F5N3O5S/c8-5(9)4-2(15(16)17)1-3(21(13,18)19)6(14-4)20-7(10,11)12/h1,5H,(H2,13,18,19). The van der Waals surface area contributed by atoms with E-state index in [-0.39, 0.29) is 6.07 Å². The van der Waals surface area contributed by atoms with E-state index in [2.05, 4.69) is 14.9 Å². The van der Waals surface area contributed by atoms with Gasteiger partial charge in [-0.05, 0) is 0 Å². The Bertz CT molecular complexity index is 674. The molecule has 0 amide bonds. The van der Waals surface area contributed by atoms with Gasteiger partial charge in [-0.25, -0.2) is 27.3 Å². The van der Waals surface area contributed by atoms with Gasteiger partial charge in [-0.15, -0.1) is 13.2 Å². The Hall–Kier alpha value is -2.09. The van der Waals surface area contributed by atoms with Crippen molar-refractivity contribution in [1.29, 1.82) is 0 Å². The van der Waals surface area contributed by atoms with E-state index in [4.69, 9.17) is 0 Å². The molecule has 1 heterocycles. The van der Waals surface area contributed by atoms with Gasteiger partial charge in [0.1, 0.15) is 0 Å². The number of sulfonamides is 1. The van der Waals surface area contributed by atoms with Crippen LogP contribution in [0.2, 0.25) is 0 Å². The highest BCUT2D eigenvalue weighted by Crippen LogP contribution is 2.35. The molecule has 21 heavy (non-hydrogen) atoms. The lowest BCUT2D eigenvalue weighted by molar-refractivity contribution is -0.387. The van der Waals surface area contributed by atoms with Crippen molar-refractivity contribution in [2.75, 3.05) is 0 Å². The number of nitro groups is 1. The van der Waals surface area contributed by atoms with Crippen molar-refractivity contribution in [3.63, 3.8) is 0 Å². The van der Waals surface area contributed by atoms with Crippen LogP contribution in [0.5, 0.6) is 5.88 Å². The maximum atomic E-state index is 12.5. The molecule has 1 rings (SSSR count). The fourth-order valence-electron chi connectivity index (χ4n) is 1.18. The van der Waals surface area contributed by atoms with Crippen molar-refractivity contribution in [2.45, 2.75) is 17.7 Å². The molecular weight excluding hydrogens is 333 g/mol.